The predicted molar refractivity (Wildman–Crippen MR) is 141 cm³/mol. The Bertz CT molecular complexity index is 266. The molecule has 0 aliphatic heterocycles. The van der Waals surface area contributed by atoms with Gasteiger partial charge in [-0.05, 0) is 56.8 Å². The number of unbranched alkanes of at least 4 members (excludes halogenated alkanes) is 6. The quantitative estimate of drug-likeness (QED) is 0.144. The van der Waals surface area contributed by atoms with E-state index in [1.165, 1.54) is 96.3 Å². The second-order valence-corrected chi connectivity index (χ2v) is 14.7. The van der Waals surface area contributed by atoms with Gasteiger partial charge in [-0.2, -0.15) is 0 Å². The molecule has 0 aromatic rings. The maximum Gasteiger partial charge on any atom is 0.0594 e. The highest BCUT2D eigenvalue weighted by atomic mass is 35.5. The van der Waals surface area contributed by atoms with Crippen LogP contribution in [0.2, 0.25) is 0 Å². The first-order chi connectivity index (χ1) is 14.1. The summed E-state index contributed by atoms with van der Waals surface area (Å²) >= 11 is 0. The number of hydrogen-bond donors (Lipinski definition) is 0. The monoisotopic (exact) mass is 462 g/mol. The van der Waals surface area contributed by atoms with Gasteiger partial charge in [-0.3, -0.25) is 0 Å². The molecule has 0 amide bonds. The molecule has 0 radical (unpaired) electrons. The van der Waals surface area contributed by atoms with E-state index in [4.69, 9.17) is 0 Å². The molecule has 0 nitrogen and oxygen atoms in total. The van der Waals surface area contributed by atoms with E-state index in [-0.39, 0.29) is 12.4 Å². The second-order valence-electron chi connectivity index (χ2n) is 10.2. The molecule has 0 bridgehead atoms. The highest BCUT2D eigenvalue weighted by molar-refractivity contribution is 7.75. The van der Waals surface area contributed by atoms with Gasteiger partial charge in [0.25, 0.3) is 0 Å². The number of rotatable bonds is 22. The van der Waals surface area contributed by atoms with E-state index >= 15 is 0 Å². The molecule has 0 aromatic heterocycles. The van der Waals surface area contributed by atoms with Gasteiger partial charge in [0.05, 0.1) is 24.6 Å². The van der Waals surface area contributed by atoms with E-state index in [1.807, 2.05) is 0 Å². The zero-order chi connectivity index (χ0) is 21.8. The molecule has 2 heteroatoms. The van der Waals surface area contributed by atoms with E-state index < -0.39 is 7.26 Å². The SMILES string of the molecule is CCCCC(CCCC)(CCCC)CCC[P+](CCCC)(CCCC)CCCC.[Cl-]. The molecule has 0 N–H and O–H groups in total. The van der Waals surface area contributed by atoms with E-state index in [9.17, 15) is 0 Å². The van der Waals surface area contributed by atoms with Gasteiger partial charge in [-0.25, -0.2) is 0 Å². The topological polar surface area (TPSA) is 0 Å². The van der Waals surface area contributed by atoms with Crippen LogP contribution in [0.4, 0.5) is 0 Å². The Morgan fingerprint density at radius 3 is 0.967 bits per heavy atom. The molecule has 0 aliphatic carbocycles. The highest BCUT2D eigenvalue weighted by Crippen LogP contribution is 2.61. The molecule has 0 saturated carbocycles. The smallest absolute Gasteiger partial charge is 0.0594 e. The number of halogens is 1. The fraction of sp³-hybridized carbons (Fsp3) is 1.00. The first-order valence-electron chi connectivity index (χ1n) is 13.9. The van der Waals surface area contributed by atoms with Crippen molar-refractivity contribution in [2.45, 2.75) is 151 Å². The van der Waals surface area contributed by atoms with Gasteiger partial charge in [-0.1, -0.05) is 99.3 Å². The molecular formula is C28H60ClP. The first kappa shape index (κ1) is 32.9. The fourth-order valence-electron chi connectivity index (χ4n) is 5.35. The van der Waals surface area contributed by atoms with Crippen molar-refractivity contribution in [3.8, 4) is 0 Å². The molecule has 0 unspecified atom stereocenters. The maximum absolute atomic E-state index is 2.40. The van der Waals surface area contributed by atoms with Gasteiger partial charge in [0.2, 0.25) is 0 Å². The molecule has 30 heavy (non-hydrogen) atoms. The van der Waals surface area contributed by atoms with Gasteiger partial charge >= 0.3 is 0 Å². The molecule has 0 fully saturated rings. The van der Waals surface area contributed by atoms with Crippen LogP contribution in [-0.4, -0.2) is 24.6 Å². The van der Waals surface area contributed by atoms with Crippen LogP contribution in [0.25, 0.3) is 0 Å². The van der Waals surface area contributed by atoms with Gasteiger partial charge in [0.1, 0.15) is 0 Å². The Hall–Kier alpha value is 0.720. The van der Waals surface area contributed by atoms with Gasteiger partial charge in [0.15, 0.2) is 0 Å². The largest absolute Gasteiger partial charge is 1.00 e. The molecule has 0 aromatic carbocycles. The Morgan fingerprint density at radius 1 is 0.400 bits per heavy atom. The lowest BCUT2D eigenvalue weighted by Gasteiger charge is -2.36. The Balaban J connectivity index is 0. The van der Waals surface area contributed by atoms with Gasteiger partial charge in [-0.15, -0.1) is 0 Å². The minimum absolute atomic E-state index is 0. The van der Waals surface area contributed by atoms with Crippen LogP contribution in [0.15, 0.2) is 0 Å². The third-order valence-corrected chi connectivity index (χ3v) is 12.5. The average Bonchev–Trinajstić information content (AvgIpc) is 2.75. The summed E-state index contributed by atoms with van der Waals surface area (Å²) in [7, 11) is -0.709. The van der Waals surface area contributed by atoms with Crippen molar-refractivity contribution < 1.29 is 12.4 Å². The summed E-state index contributed by atoms with van der Waals surface area (Å²) in [4.78, 5) is 0. The van der Waals surface area contributed by atoms with Crippen LogP contribution in [0.5, 0.6) is 0 Å². The molecule has 0 aliphatic rings. The summed E-state index contributed by atoms with van der Waals surface area (Å²) in [5, 5.41) is 0. The number of hydrogen-bond acceptors (Lipinski definition) is 0. The summed E-state index contributed by atoms with van der Waals surface area (Å²) in [6.45, 7) is 14.4. The summed E-state index contributed by atoms with van der Waals surface area (Å²) in [6, 6.07) is 0. The highest BCUT2D eigenvalue weighted by Gasteiger charge is 2.36. The van der Waals surface area contributed by atoms with E-state index in [1.54, 1.807) is 37.5 Å². The van der Waals surface area contributed by atoms with E-state index in [0.29, 0.717) is 5.41 Å². The fourth-order valence-corrected chi connectivity index (χ4v) is 10.5. The normalized spacial score (nSPS) is 12.2. The zero-order valence-electron chi connectivity index (χ0n) is 22.2. The molecule has 0 heterocycles. The van der Waals surface area contributed by atoms with E-state index in [0.717, 1.165) is 0 Å². The summed E-state index contributed by atoms with van der Waals surface area (Å²) < 4.78 is 0. The lowest BCUT2D eigenvalue weighted by molar-refractivity contribution is -0.00000709. The van der Waals surface area contributed by atoms with Crippen molar-refractivity contribution in [2.75, 3.05) is 24.6 Å². The van der Waals surface area contributed by atoms with Gasteiger partial charge < -0.3 is 12.4 Å². The van der Waals surface area contributed by atoms with Crippen LogP contribution in [-0.2, 0) is 0 Å². The zero-order valence-corrected chi connectivity index (χ0v) is 23.8. The second kappa shape index (κ2) is 21.6. The van der Waals surface area contributed by atoms with Crippen molar-refractivity contribution in [3.63, 3.8) is 0 Å². The van der Waals surface area contributed by atoms with Crippen LogP contribution < -0.4 is 12.4 Å². The van der Waals surface area contributed by atoms with Crippen molar-refractivity contribution in [1.29, 1.82) is 0 Å². The Morgan fingerprint density at radius 2 is 0.667 bits per heavy atom. The van der Waals surface area contributed by atoms with Crippen molar-refractivity contribution >= 4 is 7.26 Å². The van der Waals surface area contributed by atoms with Crippen molar-refractivity contribution in [3.05, 3.63) is 0 Å². The Labute approximate surface area is 200 Å². The van der Waals surface area contributed by atoms with Crippen LogP contribution in [0, 0.1) is 5.41 Å². The molecule has 0 spiro atoms. The molecular weight excluding hydrogens is 403 g/mol. The molecule has 184 valence electrons. The first-order valence-corrected chi connectivity index (χ1v) is 16.5. The average molecular weight is 463 g/mol. The van der Waals surface area contributed by atoms with Crippen LogP contribution in [0.1, 0.15) is 151 Å². The molecule has 0 saturated heterocycles. The van der Waals surface area contributed by atoms with Crippen LogP contribution >= 0.6 is 7.26 Å². The predicted octanol–water partition coefficient (Wildman–Crippen LogP) is 7.75. The van der Waals surface area contributed by atoms with Crippen molar-refractivity contribution in [2.24, 2.45) is 5.41 Å². The van der Waals surface area contributed by atoms with E-state index in [2.05, 4.69) is 41.5 Å². The molecule has 0 rings (SSSR count). The standard InChI is InChI=1S/C28H60P.ClH/c1-7-13-20-28(21-14-8-2,22-15-9-3)23-19-27-29(24-16-10-4,25-17-11-5)26-18-12-6;/h7-27H2,1-6H3;1H/q+1;/p-1. The summed E-state index contributed by atoms with van der Waals surface area (Å²) in [6.07, 6.45) is 31.2. The summed E-state index contributed by atoms with van der Waals surface area (Å²) in [5.41, 5.74) is 0.679. The molecule has 0 atom stereocenters. The third-order valence-electron chi connectivity index (χ3n) is 7.48. The summed E-state index contributed by atoms with van der Waals surface area (Å²) in [5.74, 6) is 0. The third kappa shape index (κ3) is 14.7. The lowest BCUT2D eigenvalue weighted by atomic mass is 9.71. The van der Waals surface area contributed by atoms with Crippen LogP contribution in [0.3, 0.4) is 0 Å². The maximum atomic E-state index is 2.40. The van der Waals surface area contributed by atoms with Crippen molar-refractivity contribution in [1.82, 2.24) is 0 Å². The van der Waals surface area contributed by atoms with Gasteiger partial charge in [0, 0.05) is 7.26 Å². The minimum atomic E-state index is -0.709. The minimum Gasteiger partial charge on any atom is -1.00 e. The lowest BCUT2D eigenvalue weighted by Crippen LogP contribution is -3.00. The Kier molecular flexibility index (Phi) is 23.6.